The second-order valence-corrected chi connectivity index (χ2v) is 6.23. The molecule has 0 unspecified atom stereocenters. The number of H-pyrrole nitrogens is 1. The van der Waals surface area contributed by atoms with Gasteiger partial charge < -0.3 is 10.1 Å². The molecule has 0 spiro atoms. The Hall–Kier alpha value is -3.05. The van der Waals surface area contributed by atoms with E-state index in [1.165, 1.54) is 4.68 Å². The van der Waals surface area contributed by atoms with Crippen molar-refractivity contribution in [1.82, 2.24) is 14.8 Å². The summed E-state index contributed by atoms with van der Waals surface area (Å²) in [7, 11) is 0. The first-order valence-corrected chi connectivity index (χ1v) is 8.09. The van der Waals surface area contributed by atoms with Gasteiger partial charge in [0, 0.05) is 22.5 Å². The van der Waals surface area contributed by atoms with Crippen LogP contribution in [0.3, 0.4) is 0 Å². The fourth-order valence-corrected chi connectivity index (χ4v) is 3.02. The van der Waals surface area contributed by atoms with Gasteiger partial charge >= 0.3 is 0 Å². The van der Waals surface area contributed by atoms with Crippen LogP contribution in [0.5, 0.6) is 5.75 Å². The van der Waals surface area contributed by atoms with E-state index in [1.807, 2.05) is 6.92 Å². The van der Waals surface area contributed by atoms with Crippen LogP contribution < -0.4 is 5.56 Å². The highest BCUT2D eigenvalue weighted by atomic mass is 35.5. The third kappa shape index (κ3) is 2.58. The number of aromatic nitrogens is 3. The summed E-state index contributed by atoms with van der Waals surface area (Å²) in [5.74, 6) is 0.189. The zero-order valence-electron chi connectivity index (χ0n) is 13.3. The van der Waals surface area contributed by atoms with E-state index in [0.717, 1.165) is 16.8 Å². The van der Waals surface area contributed by atoms with E-state index in [0.29, 0.717) is 22.0 Å². The number of fused-ring (bicyclic) bond motifs is 1. The van der Waals surface area contributed by atoms with Gasteiger partial charge in [0.2, 0.25) is 0 Å². The molecule has 25 heavy (non-hydrogen) atoms. The third-order valence-corrected chi connectivity index (χ3v) is 4.40. The number of nitrogens with one attached hydrogen (secondary N) is 1. The van der Waals surface area contributed by atoms with E-state index < -0.39 is 0 Å². The van der Waals surface area contributed by atoms with Gasteiger partial charge in [-0.15, -0.1) is 0 Å². The van der Waals surface area contributed by atoms with Crippen LogP contribution >= 0.6 is 11.6 Å². The van der Waals surface area contributed by atoms with E-state index in [-0.39, 0.29) is 11.3 Å². The molecule has 2 aromatic carbocycles. The number of pyridine rings is 1. The Bertz CT molecular complexity index is 1080. The van der Waals surface area contributed by atoms with Crippen LogP contribution in [0.4, 0.5) is 0 Å². The molecule has 0 aliphatic carbocycles. The molecule has 0 fully saturated rings. The number of aromatic hydroxyl groups is 1. The smallest absolute Gasteiger partial charge is 0.282 e. The minimum atomic E-state index is -0.200. The average molecular weight is 352 g/mol. The van der Waals surface area contributed by atoms with Gasteiger partial charge in [-0.1, -0.05) is 23.7 Å². The van der Waals surface area contributed by atoms with Crippen molar-refractivity contribution in [3.8, 4) is 33.8 Å². The highest BCUT2D eigenvalue weighted by molar-refractivity contribution is 6.30. The van der Waals surface area contributed by atoms with Gasteiger partial charge in [-0.25, -0.2) is 0 Å². The first-order valence-electron chi connectivity index (χ1n) is 7.71. The summed E-state index contributed by atoms with van der Waals surface area (Å²) in [6, 6.07) is 13.8. The maximum absolute atomic E-state index is 12.8. The van der Waals surface area contributed by atoms with Crippen molar-refractivity contribution in [1.29, 1.82) is 0 Å². The van der Waals surface area contributed by atoms with Crippen LogP contribution in [-0.2, 0) is 0 Å². The third-order valence-electron chi connectivity index (χ3n) is 4.15. The molecule has 0 saturated heterocycles. The minimum absolute atomic E-state index is 0.189. The molecule has 0 radical (unpaired) electrons. The molecule has 5 nitrogen and oxygen atoms in total. The Morgan fingerprint density at radius 2 is 1.76 bits per heavy atom. The summed E-state index contributed by atoms with van der Waals surface area (Å²) >= 11 is 5.92. The van der Waals surface area contributed by atoms with E-state index in [9.17, 15) is 9.90 Å². The number of nitrogens with zero attached hydrogens (tertiary/aromatic N) is 2. The predicted molar refractivity (Wildman–Crippen MR) is 97.7 cm³/mol. The topological polar surface area (TPSA) is 70.9 Å². The molecule has 124 valence electrons. The molecular weight excluding hydrogens is 338 g/mol. The molecule has 0 atom stereocenters. The molecule has 0 saturated carbocycles. The number of halogens is 1. The summed E-state index contributed by atoms with van der Waals surface area (Å²) in [6.07, 6.45) is 1.68. The largest absolute Gasteiger partial charge is 0.508 e. The molecule has 2 heterocycles. The minimum Gasteiger partial charge on any atom is -0.508 e. The lowest BCUT2D eigenvalue weighted by Crippen LogP contribution is -2.14. The molecule has 0 amide bonds. The number of aryl methyl sites for hydroxylation is 1. The predicted octanol–water partition coefficient (Wildman–Crippen LogP) is 4.00. The standard InChI is InChI=1S/C19H14ClN3O2/c1-11-17(12-2-8-15(24)9-3-12)18-16(10-21-11)19(25)23(22-18)14-6-4-13(20)5-7-14/h2-10,21,24H,1H3. The Balaban J connectivity index is 1.97. The number of hydrogen-bond acceptors (Lipinski definition) is 3. The van der Waals surface area contributed by atoms with Crippen molar-refractivity contribution in [2.45, 2.75) is 6.92 Å². The normalized spacial score (nSPS) is 11.1. The van der Waals surface area contributed by atoms with Crippen LogP contribution in [0.1, 0.15) is 5.69 Å². The van der Waals surface area contributed by atoms with Crippen LogP contribution in [0.15, 0.2) is 59.5 Å². The SMILES string of the molecule is Cc1[nH]cc2c(=O)n(-c3ccc(Cl)cc3)nc-2c1-c1ccc(O)cc1. The number of phenolic OH excluding ortho intramolecular Hbond substituents is 1. The summed E-state index contributed by atoms with van der Waals surface area (Å²) in [6.45, 7) is 1.92. The average Bonchev–Trinajstić information content (AvgIpc) is 2.93. The molecule has 4 rings (SSSR count). The van der Waals surface area contributed by atoms with Crippen LogP contribution in [0.2, 0.25) is 5.02 Å². The lowest BCUT2D eigenvalue weighted by molar-refractivity contribution is 0.475. The zero-order chi connectivity index (χ0) is 17.6. The fraction of sp³-hybridized carbons (Fsp3) is 0.0526. The van der Waals surface area contributed by atoms with E-state index in [1.54, 1.807) is 54.7 Å². The molecular formula is C19H14ClN3O2. The molecule has 2 N–H and O–H groups in total. The van der Waals surface area contributed by atoms with Gasteiger partial charge in [0.15, 0.2) is 0 Å². The van der Waals surface area contributed by atoms with Gasteiger partial charge in [0.1, 0.15) is 11.4 Å². The molecule has 2 aliphatic heterocycles. The first kappa shape index (κ1) is 15.5. The van der Waals surface area contributed by atoms with Crippen molar-refractivity contribution >= 4 is 11.6 Å². The van der Waals surface area contributed by atoms with E-state index >= 15 is 0 Å². The summed E-state index contributed by atoms with van der Waals surface area (Å²) in [5.41, 5.74) is 4.16. The quantitative estimate of drug-likeness (QED) is 0.573. The lowest BCUT2D eigenvalue weighted by atomic mass is 9.99. The molecule has 0 bridgehead atoms. The van der Waals surface area contributed by atoms with Gasteiger partial charge in [-0.05, 0) is 48.9 Å². The van der Waals surface area contributed by atoms with Crippen molar-refractivity contribution in [2.24, 2.45) is 0 Å². The molecule has 2 aliphatic rings. The van der Waals surface area contributed by atoms with Crippen molar-refractivity contribution < 1.29 is 5.11 Å². The van der Waals surface area contributed by atoms with E-state index in [4.69, 9.17) is 11.6 Å². The van der Waals surface area contributed by atoms with Crippen LogP contribution in [0, 0.1) is 6.92 Å². The zero-order valence-corrected chi connectivity index (χ0v) is 14.1. The summed E-state index contributed by atoms with van der Waals surface area (Å²) in [4.78, 5) is 15.9. The molecule has 0 aromatic heterocycles. The maximum atomic E-state index is 12.8. The maximum Gasteiger partial charge on any atom is 0.282 e. The second-order valence-electron chi connectivity index (χ2n) is 5.79. The fourth-order valence-electron chi connectivity index (χ4n) is 2.90. The highest BCUT2D eigenvalue weighted by Crippen LogP contribution is 2.33. The van der Waals surface area contributed by atoms with Gasteiger partial charge in [-0.2, -0.15) is 9.78 Å². The number of phenols is 1. The number of benzene rings is 2. The molecule has 6 heteroatoms. The molecule has 2 aromatic rings. The Morgan fingerprint density at radius 3 is 2.44 bits per heavy atom. The van der Waals surface area contributed by atoms with Crippen molar-refractivity contribution in [3.63, 3.8) is 0 Å². The Labute approximate surface area is 148 Å². The summed E-state index contributed by atoms with van der Waals surface area (Å²) in [5, 5.41) is 14.7. The Morgan fingerprint density at radius 1 is 1.08 bits per heavy atom. The van der Waals surface area contributed by atoms with Crippen LogP contribution in [0.25, 0.3) is 28.1 Å². The van der Waals surface area contributed by atoms with Crippen molar-refractivity contribution in [3.05, 3.63) is 75.8 Å². The van der Waals surface area contributed by atoms with E-state index in [2.05, 4.69) is 10.1 Å². The summed E-state index contributed by atoms with van der Waals surface area (Å²) < 4.78 is 1.37. The Kier molecular flexibility index (Phi) is 3.58. The number of aromatic amines is 1. The first-order chi connectivity index (χ1) is 12.0. The second kappa shape index (κ2) is 5.79. The number of rotatable bonds is 2. The van der Waals surface area contributed by atoms with Gasteiger partial charge in [0.05, 0.1) is 11.3 Å². The van der Waals surface area contributed by atoms with Gasteiger partial charge in [0.25, 0.3) is 5.56 Å². The van der Waals surface area contributed by atoms with Crippen molar-refractivity contribution in [2.75, 3.05) is 0 Å². The monoisotopic (exact) mass is 351 g/mol. The van der Waals surface area contributed by atoms with Crippen LogP contribution in [-0.4, -0.2) is 19.9 Å². The number of hydrogen-bond donors (Lipinski definition) is 2. The lowest BCUT2D eigenvalue weighted by Gasteiger charge is -2.10. The highest BCUT2D eigenvalue weighted by Gasteiger charge is 2.22. The van der Waals surface area contributed by atoms with Gasteiger partial charge in [-0.3, -0.25) is 4.79 Å².